The SMILES string of the molecule is CC(C)(CCN)NCc1cnn(C[C@@H]2[C@H](NC(=O)/C(=N\OC3(C(=O)O)CC3)c3csc(N)n3)C(=O)N2S(=O)(=O)O)n1. The van der Waals surface area contributed by atoms with E-state index in [4.69, 9.17) is 16.3 Å². The van der Waals surface area contributed by atoms with Gasteiger partial charge < -0.3 is 32.0 Å². The molecule has 0 spiro atoms. The standard InChI is InChI=1S/C21H30N10O8S2/c1-20(2,5-6-22)24-7-11-8-25-30(28-11)9-13-15(17(33)31(13)41(36,37)38)27-16(32)14(12-10-40-19(23)26-12)29-39-21(3-4-21)18(34)35/h8,10,13,15,24H,3-7,9,22H2,1-2H3,(H2,23,26)(H,27,32)(H,34,35)(H,36,37,38)/b29-14-/t13-,15+/m1/s1. The van der Waals surface area contributed by atoms with Gasteiger partial charge in [-0.3, -0.25) is 14.1 Å². The molecule has 1 aliphatic carbocycles. The molecule has 18 nitrogen and oxygen atoms in total. The molecule has 2 fully saturated rings. The lowest BCUT2D eigenvalue weighted by Gasteiger charge is -2.43. The molecule has 1 saturated heterocycles. The van der Waals surface area contributed by atoms with Crippen LogP contribution in [0.15, 0.2) is 16.7 Å². The van der Waals surface area contributed by atoms with Crippen LogP contribution in [0, 0.1) is 0 Å². The van der Waals surface area contributed by atoms with E-state index in [2.05, 4.69) is 31.0 Å². The van der Waals surface area contributed by atoms with Crippen molar-refractivity contribution in [3.8, 4) is 0 Å². The number of nitrogen functional groups attached to an aromatic ring is 1. The molecular weight excluding hydrogens is 584 g/mol. The summed E-state index contributed by atoms with van der Waals surface area (Å²) >= 11 is 0.976. The number of anilines is 1. The Bertz CT molecular complexity index is 1470. The van der Waals surface area contributed by atoms with Crippen LogP contribution in [-0.4, -0.2) is 95.6 Å². The summed E-state index contributed by atoms with van der Waals surface area (Å²) in [5.74, 6) is -3.40. The van der Waals surface area contributed by atoms with Crippen LogP contribution in [0.25, 0.3) is 0 Å². The quantitative estimate of drug-likeness (QED) is 0.0585. The molecule has 3 heterocycles. The summed E-state index contributed by atoms with van der Waals surface area (Å²) in [4.78, 5) is 47.7. The van der Waals surface area contributed by atoms with E-state index < -0.39 is 51.5 Å². The number of nitrogens with one attached hydrogen (secondary N) is 2. The first-order chi connectivity index (χ1) is 19.2. The molecule has 0 radical (unpaired) electrons. The Hall–Kier alpha value is -3.72. The number of amides is 2. The predicted molar refractivity (Wildman–Crippen MR) is 142 cm³/mol. The Labute approximate surface area is 238 Å². The zero-order chi connectivity index (χ0) is 30.2. The molecule has 1 saturated carbocycles. The third-order valence-corrected chi connectivity index (χ3v) is 8.16. The van der Waals surface area contributed by atoms with Gasteiger partial charge in [-0.2, -0.15) is 23.4 Å². The van der Waals surface area contributed by atoms with E-state index in [0.29, 0.717) is 25.2 Å². The first-order valence-corrected chi connectivity index (χ1v) is 14.6. The van der Waals surface area contributed by atoms with Crippen molar-refractivity contribution in [3.05, 3.63) is 23.0 Å². The first-order valence-electron chi connectivity index (χ1n) is 12.3. The van der Waals surface area contributed by atoms with Gasteiger partial charge in [0.05, 0.1) is 18.4 Å². The maximum absolute atomic E-state index is 13.2. The molecule has 224 valence electrons. The lowest BCUT2D eigenvalue weighted by Crippen LogP contribution is -2.73. The van der Waals surface area contributed by atoms with Crippen molar-refractivity contribution in [2.75, 3.05) is 12.3 Å². The van der Waals surface area contributed by atoms with Crippen molar-refractivity contribution < 1.29 is 37.3 Å². The second kappa shape index (κ2) is 11.3. The molecule has 41 heavy (non-hydrogen) atoms. The third kappa shape index (κ3) is 6.78. The van der Waals surface area contributed by atoms with Gasteiger partial charge >= 0.3 is 16.3 Å². The van der Waals surface area contributed by atoms with Gasteiger partial charge in [-0.1, -0.05) is 5.16 Å². The highest BCUT2D eigenvalue weighted by molar-refractivity contribution is 7.84. The summed E-state index contributed by atoms with van der Waals surface area (Å²) in [6.45, 7) is 4.44. The van der Waals surface area contributed by atoms with Crippen LogP contribution in [0.5, 0.6) is 0 Å². The molecule has 2 aromatic rings. The zero-order valence-corrected chi connectivity index (χ0v) is 23.7. The van der Waals surface area contributed by atoms with Crippen LogP contribution in [0.3, 0.4) is 0 Å². The van der Waals surface area contributed by atoms with Crippen molar-refractivity contribution in [2.24, 2.45) is 10.9 Å². The van der Waals surface area contributed by atoms with Crippen LogP contribution in [-0.2, 0) is 42.6 Å². The maximum Gasteiger partial charge on any atom is 0.362 e. The molecule has 2 amide bonds. The van der Waals surface area contributed by atoms with Gasteiger partial charge in [-0.25, -0.2) is 14.1 Å². The molecular formula is C21H30N10O8S2. The molecule has 0 bridgehead atoms. The maximum atomic E-state index is 13.2. The number of oxime groups is 1. The normalized spacial score (nSPS) is 20.4. The molecule has 2 atom stereocenters. The number of carboxylic acid groups (broad SMARTS) is 1. The summed E-state index contributed by atoms with van der Waals surface area (Å²) in [7, 11) is -4.99. The minimum atomic E-state index is -4.99. The molecule has 0 aromatic carbocycles. The minimum absolute atomic E-state index is 0.0513. The number of hydrogen-bond donors (Lipinski definition) is 6. The predicted octanol–water partition coefficient (Wildman–Crippen LogP) is -1.93. The second-order valence-electron chi connectivity index (χ2n) is 10.2. The summed E-state index contributed by atoms with van der Waals surface area (Å²) in [6.07, 6.45) is 2.50. The van der Waals surface area contributed by atoms with E-state index in [1.54, 1.807) is 0 Å². The molecule has 0 unspecified atom stereocenters. The summed E-state index contributed by atoms with van der Waals surface area (Å²) < 4.78 is 33.7. The van der Waals surface area contributed by atoms with E-state index in [0.717, 1.165) is 16.1 Å². The number of aromatic nitrogens is 4. The van der Waals surface area contributed by atoms with Crippen molar-refractivity contribution in [2.45, 2.75) is 69.4 Å². The van der Waals surface area contributed by atoms with Crippen LogP contribution in [0.2, 0.25) is 0 Å². The van der Waals surface area contributed by atoms with Gasteiger partial charge in [0.25, 0.3) is 11.8 Å². The Balaban J connectivity index is 1.52. The monoisotopic (exact) mass is 614 g/mol. The Morgan fingerprint density at radius 1 is 1.37 bits per heavy atom. The fraction of sp³-hybridized carbons (Fsp3) is 0.571. The lowest BCUT2D eigenvalue weighted by molar-refractivity contribution is -0.153. The van der Waals surface area contributed by atoms with E-state index in [1.165, 1.54) is 11.6 Å². The number of aliphatic carboxylic acids is 1. The van der Waals surface area contributed by atoms with Crippen LogP contribution < -0.4 is 22.1 Å². The van der Waals surface area contributed by atoms with Gasteiger partial charge in [0.1, 0.15) is 17.8 Å². The van der Waals surface area contributed by atoms with E-state index in [9.17, 15) is 32.5 Å². The van der Waals surface area contributed by atoms with Crippen molar-refractivity contribution >= 4 is 50.3 Å². The van der Waals surface area contributed by atoms with Gasteiger partial charge in [0, 0.05) is 30.3 Å². The van der Waals surface area contributed by atoms with Gasteiger partial charge in [0.2, 0.25) is 5.60 Å². The average Bonchev–Trinajstić information content (AvgIpc) is 3.33. The number of hydrogen-bond acceptors (Lipinski definition) is 14. The van der Waals surface area contributed by atoms with Crippen LogP contribution in [0.4, 0.5) is 5.13 Å². The highest BCUT2D eigenvalue weighted by Gasteiger charge is 2.56. The van der Waals surface area contributed by atoms with Crippen molar-refractivity contribution in [3.63, 3.8) is 0 Å². The molecule has 1 aliphatic heterocycles. The van der Waals surface area contributed by atoms with Crippen molar-refractivity contribution in [1.82, 2.24) is 34.9 Å². The van der Waals surface area contributed by atoms with Crippen LogP contribution >= 0.6 is 11.3 Å². The fourth-order valence-electron chi connectivity index (χ4n) is 3.99. The largest absolute Gasteiger partial charge is 0.478 e. The highest BCUT2D eigenvalue weighted by atomic mass is 32.2. The van der Waals surface area contributed by atoms with Gasteiger partial charge in [-0.15, -0.1) is 11.3 Å². The lowest BCUT2D eigenvalue weighted by atomic mass is 9.98. The summed E-state index contributed by atoms with van der Waals surface area (Å²) in [6, 6.07) is -2.75. The van der Waals surface area contributed by atoms with Crippen molar-refractivity contribution in [1.29, 1.82) is 0 Å². The number of carboxylic acids is 1. The topological polar surface area (TPSA) is 270 Å². The summed E-state index contributed by atoms with van der Waals surface area (Å²) in [5.41, 5.74) is 9.41. The molecule has 2 aromatic heterocycles. The molecule has 2 aliphatic rings. The molecule has 4 rings (SSSR count). The van der Waals surface area contributed by atoms with Crippen LogP contribution in [0.1, 0.15) is 44.5 Å². The third-order valence-electron chi connectivity index (χ3n) is 6.54. The number of β-lactam (4-membered cyclic amide) rings is 1. The number of carbonyl (C=O) groups is 3. The number of thiazole rings is 1. The molecule has 20 heteroatoms. The van der Waals surface area contributed by atoms with Gasteiger partial charge in [-0.05, 0) is 26.8 Å². The Kier molecular flexibility index (Phi) is 8.32. The number of rotatable bonds is 14. The number of nitrogens with zero attached hydrogens (tertiary/aromatic N) is 6. The smallest absolute Gasteiger partial charge is 0.362 e. The first kappa shape index (κ1) is 30.2. The summed E-state index contributed by atoms with van der Waals surface area (Å²) in [5, 5.41) is 28.5. The van der Waals surface area contributed by atoms with Gasteiger partial charge in [0.15, 0.2) is 10.8 Å². The zero-order valence-electron chi connectivity index (χ0n) is 22.1. The van der Waals surface area contributed by atoms with E-state index in [1.807, 2.05) is 13.8 Å². The highest BCUT2D eigenvalue weighted by Crippen LogP contribution is 2.40. The minimum Gasteiger partial charge on any atom is -0.478 e. The Morgan fingerprint density at radius 3 is 2.63 bits per heavy atom. The van der Waals surface area contributed by atoms with E-state index >= 15 is 0 Å². The Morgan fingerprint density at radius 2 is 2.07 bits per heavy atom. The van der Waals surface area contributed by atoms with E-state index in [-0.39, 0.29) is 40.1 Å². The number of carbonyl (C=O) groups excluding carboxylic acids is 2. The fourth-order valence-corrected chi connectivity index (χ4v) is 5.41. The second-order valence-corrected chi connectivity index (χ2v) is 12.4. The molecule has 8 N–H and O–H groups in total. The number of nitrogens with two attached hydrogens (primary N) is 2. The average molecular weight is 615 g/mol.